The van der Waals surface area contributed by atoms with E-state index in [9.17, 15) is 18.8 Å². The highest BCUT2D eigenvalue weighted by Gasteiger charge is 2.51. The Kier molecular flexibility index (Phi) is 5.92. The molecular weight excluding hydrogens is 385 g/mol. The van der Waals surface area contributed by atoms with Crippen LogP contribution in [0.25, 0.3) is 0 Å². The molecule has 0 aliphatic carbocycles. The molecule has 1 saturated heterocycles. The molecule has 6 nitrogen and oxygen atoms in total. The van der Waals surface area contributed by atoms with Crippen LogP contribution in [-0.2, 0) is 21.7 Å². The number of imide groups is 1. The maximum absolute atomic E-state index is 13.3. The van der Waals surface area contributed by atoms with Gasteiger partial charge >= 0.3 is 6.03 Å². The molecule has 1 atom stereocenters. The lowest BCUT2D eigenvalue weighted by molar-refractivity contribution is -0.138. The van der Waals surface area contributed by atoms with Gasteiger partial charge in [-0.2, -0.15) is 0 Å². The zero-order valence-corrected chi connectivity index (χ0v) is 17.7. The molecule has 1 aliphatic rings. The smallest absolute Gasteiger partial charge is 0.325 e. The molecule has 30 heavy (non-hydrogen) atoms. The van der Waals surface area contributed by atoms with Crippen molar-refractivity contribution >= 4 is 17.8 Å². The summed E-state index contributed by atoms with van der Waals surface area (Å²) >= 11 is 0. The summed E-state index contributed by atoms with van der Waals surface area (Å²) in [6.07, 6.45) is 0.284. The summed E-state index contributed by atoms with van der Waals surface area (Å²) in [5.41, 5.74) is 2.41. The highest BCUT2D eigenvalue weighted by Crippen LogP contribution is 2.32. The lowest BCUT2D eigenvalue weighted by Gasteiger charge is -2.26. The summed E-state index contributed by atoms with van der Waals surface area (Å²) in [4.78, 5) is 40.9. The summed E-state index contributed by atoms with van der Waals surface area (Å²) in [5, 5.41) is 2.71. The minimum Gasteiger partial charge on any atom is -0.340 e. The molecule has 4 amide bonds. The number of halogens is 1. The Morgan fingerprint density at radius 1 is 1.13 bits per heavy atom. The predicted molar refractivity (Wildman–Crippen MR) is 111 cm³/mol. The maximum Gasteiger partial charge on any atom is 0.325 e. The largest absolute Gasteiger partial charge is 0.340 e. The van der Waals surface area contributed by atoms with Crippen LogP contribution in [-0.4, -0.2) is 41.2 Å². The van der Waals surface area contributed by atoms with Crippen molar-refractivity contribution in [3.63, 3.8) is 0 Å². The van der Waals surface area contributed by atoms with Crippen molar-refractivity contribution < 1.29 is 18.8 Å². The molecule has 158 valence electrons. The number of hydrogen-bond donors (Lipinski definition) is 1. The average Bonchev–Trinajstić information content (AvgIpc) is 2.95. The zero-order valence-electron chi connectivity index (χ0n) is 17.7. The number of aryl methyl sites for hydroxylation is 2. The van der Waals surface area contributed by atoms with Crippen molar-refractivity contribution in [2.75, 3.05) is 13.6 Å². The van der Waals surface area contributed by atoms with Crippen LogP contribution >= 0.6 is 0 Å². The Morgan fingerprint density at radius 2 is 1.80 bits per heavy atom. The molecule has 0 unspecified atom stereocenters. The van der Waals surface area contributed by atoms with Crippen LogP contribution in [0, 0.1) is 19.7 Å². The third-order valence-electron chi connectivity index (χ3n) is 5.67. The van der Waals surface area contributed by atoms with Crippen LogP contribution in [0.3, 0.4) is 0 Å². The number of amides is 4. The Morgan fingerprint density at radius 3 is 2.40 bits per heavy atom. The van der Waals surface area contributed by atoms with Gasteiger partial charge in [0.2, 0.25) is 5.91 Å². The number of hydrogen-bond acceptors (Lipinski definition) is 3. The molecule has 1 fully saturated rings. The van der Waals surface area contributed by atoms with E-state index >= 15 is 0 Å². The molecule has 2 aromatic rings. The Bertz CT molecular complexity index is 990. The van der Waals surface area contributed by atoms with Gasteiger partial charge in [-0.25, -0.2) is 9.18 Å². The monoisotopic (exact) mass is 411 g/mol. The maximum atomic E-state index is 13.3. The molecule has 1 heterocycles. The van der Waals surface area contributed by atoms with Gasteiger partial charge < -0.3 is 10.2 Å². The van der Waals surface area contributed by atoms with Gasteiger partial charge in [0.1, 0.15) is 17.9 Å². The summed E-state index contributed by atoms with van der Waals surface area (Å²) < 4.78 is 13.3. The number of carbonyl (C=O) groups is 3. The van der Waals surface area contributed by atoms with Gasteiger partial charge in [0.25, 0.3) is 5.91 Å². The first-order valence-electron chi connectivity index (χ1n) is 9.88. The van der Waals surface area contributed by atoms with Crippen LogP contribution < -0.4 is 5.32 Å². The minimum absolute atomic E-state index is 0.284. The van der Waals surface area contributed by atoms with Crippen molar-refractivity contribution in [3.8, 4) is 0 Å². The zero-order chi connectivity index (χ0) is 22.1. The van der Waals surface area contributed by atoms with Gasteiger partial charge in [-0.15, -0.1) is 0 Å². The average molecular weight is 411 g/mol. The molecule has 1 aliphatic heterocycles. The van der Waals surface area contributed by atoms with E-state index in [0.717, 1.165) is 21.6 Å². The van der Waals surface area contributed by atoms with E-state index in [4.69, 9.17) is 0 Å². The summed E-state index contributed by atoms with van der Waals surface area (Å²) in [6, 6.07) is 10.8. The van der Waals surface area contributed by atoms with Crippen molar-refractivity contribution in [3.05, 3.63) is 70.5 Å². The van der Waals surface area contributed by atoms with Gasteiger partial charge in [0, 0.05) is 13.6 Å². The number of nitrogens with one attached hydrogen (secondary N) is 1. The molecular formula is C23H26FN3O3. The Balaban J connectivity index is 1.75. The molecule has 3 rings (SSSR count). The van der Waals surface area contributed by atoms with E-state index in [0.29, 0.717) is 12.1 Å². The summed E-state index contributed by atoms with van der Waals surface area (Å²) in [5.74, 6) is -1.28. The lowest BCUT2D eigenvalue weighted by atomic mass is 9.87. The van der Waals surface area contributed by atoms with E-state index in [2.05, 4.69) is 5.32 Å². The van der Waals surface area contributed by atoms with E-state index in [1.165, 1.54) is 29.2 Å². The third kappa shape index (κ3) is 3.92. The number of urea groups is 1. The third-order valence-corrected chi connectivity index (χ3v) is 5.67. The number of likely N-dealkylation sites (N-methyl/N-ethyl adjacent to an activating group) is 1. The van der Waals surface area contributed by atoms with E-state index < -0.39 is 23.3 Å². The molecule has 0 spiro atoms. The Hall–Kier alpha value is -3.22. The van der Waals surface area contributed by atoms with Crippen molar-refractivity contribution in [1.29, 1.82) is 0 Å². The van der Waals surface area contributed by atoms with E-state index in [-0.39, 0.29) is 18.9 Å². The normalized spacial score (nSPS) is 18.5. The highest BCUT2D eigenvalue weighted by molar-refractivity contribution is 6.09. The van der Waals surface area contributed by atoms with Crippen LogP contribution in [0.15, 0.2) is 42.5 Å². The van der Waals surface area contributed by atoms with Gasteiger partial charge in [0.05, 0.1) is 0 Å². The first-order valence-corrected chi connectivity index (χ1v) is 9.88. The summed E-state index contributed by atoms with van der Waals surface area (Å²) in [6.45, 7) is 5.78. The van der Waals surface area contributed by atoms with Crippen LogP contribution in [0.2, 0.25) is 0 Å². The number of rotatable bonds is 6. The highest BCUT2D eigenvalue weighted by atomic mass is 19.1. The number of carbonyl (C=O) groups excluding carboxylic acids is 3. The van der Waals surface area contributed by atoms with Crippen molar-refractivity contribution in [2.45, 2.75) is 39.3 Å². The topological polar surface area (TPSA) is 69.7 Å². The fraction of sp³-hybridized carbons (Fsp3) is 0.348. The first-order chi connectivity index (χ1) is 14.2. The molecule has 0 aromatic heterocycles. The predicted octanol–water partition coefficient (Wildman–Crippen LogP) is 3.26. The van der Waals surface area contributed by atoms with Gasteiger partial charge in [0.15, 0.2) is 0 Å². The molecule has 7 heteroatoms. The molecule has 0 saturated carbocycles. The fourth-order valence-corrected chi connectivity index (χ4v) is 3.77. The molecule has 2 aromatic carbocycles. The summed E-state index contributed by atoms with van der Waals surface area (Å²) in [7, 11) is 1.65. The van der Waals surface area contributed by atoms with Gasteiger partial charge in [-0.3, -0.25) is 14.5 Å². The van der Waals surface area contributed by atoms with E-state index in [1.807, 2.05) is 32.0 Å². The molecule has 0 radical (unpaired) electrons. The molecule has 0 bridgehead atoms. The fourth-order valence-electron chi connectivity index (χ4n) is 3.77. The van der Waals surface area contributed by atoms with Crippen LogP contribution in [0.4, 0.5) is 9.18 Å². The van der Waals surface area contributed by atoms with Gasteiger partial charge in [-0.05, 0) is 49.1 Å². The van der Waals surface area contributed by atoms with Crippen molar-refractivity contribution in [1.82, 2.24) is 15.1 Å². The number of nitrogens with zero attached hydrogens (tertiary/aromatic N) is 2. The lowest BCUT2D eigenvalue weighted by Crippen LogP contribution is -2.45. The second-order valence-corrected chi connectivity index (χ2v) is 7.77. The second-order valence-electron chi connectivity index (χ2n) is 7.77. The van der Waals surface area contributed by atoms with Crippen LogP contribution in [0.1, 0.15) is 35.6 Å². The molecule has 1 N–H and O–H groups in total. The van der Waals surface area contributed by atoms with Crippen molar-refractivity contribution in [2.24, 2.45) is 0 Å². The van der Waals surface area contributed by atoms with Crippen LogP contribution in [0.5, 0.6) is 0 Å². The first kappa shape index (κ1) is 21.5. The second kappa shape index (κ2) is 8.26. The standard InChI is InChI=1S/C23H26FN3O3/c1-5-23(18-8-10-19(24)11-9-18)21(29)27(22(30)25-23)14-20(28)26(4)13-17-7-6-15(2)12-16(17)3/h6-12H,5,13-14H2,1-4H3,(H,25,30)/t23-/m0/s1. The Labute approximate surface area is 175 Å². The quantitative estimate of drug-likeness (QED) is 0.742. The SMILES string of the molecule is CC[C@@]1(c2ccc(F)cc2)NC(=O)N(CC(=O)N(C)Cc2ccc(C)cc2C)C1=O. The van der Waals surface area contributed by atoms with E-state index in [1.54, 1.807) is 14.0 Å². The number of benzene rings is 2. The van der Waals surface area contributed by atoms with Gasteiger partial charge in [-0.1, -0.05) is 42.8 Å². The minimum atomic E-state index is -1.29.